The molecule has 2 aromatic heterocycles. The minimum Gasteiger partial charge on any atom is -0.321 e. The van der Waals surface area contributed by atoms with Crippen molar-refractivity contribution in [2.45, 2.75) is 13.8 Å². The molecule has 0 saturated carbocycles. The fourth-order valence-corrected chi connectivity index (χ4v) is 4.00. The van der Waals surface area contributed by atoms with Gasteiger partial charge in [0.05, 0.1) is 5.69 Å². The van der Waals surface area contributed by atoms with Gasteiger partial charge in [0.15, 0.2) is 4.96 Å². The van der Waals surface area contributed by atoms with Crippen LogP contribution in [0.3, 0.4) is 0 Å². The summed E-state index contributed by atoms with van der Waals surface area (Å²) in [4.78, 5) is 18.6. The van der Waals surface area contributed by atoms with Crippen molar-refractivity contribution in [1.82, 2.24) is 9.38 Å². The van der Waals surface area contributed by atoms with E-state index in [1.165, 1.54) is 23.5 Å². The topological polar surface area (TPSA) is 46.4 Å². The Morgan fingerprint density at radius 3 is 2.63 bits per heavy atom. The smallest absolute Gasteiger partial charge is 0.267 e. The van der Waals surface area contributed by atoms with E-state index in [-0.39, 0.29) is 11.7 Å². The number of imidazole rings is 1. The van der Waals surface area contributed by atoms with Crippen LogP contribution in [0, 0.1) is 19.7 Å². The number of anilines is 1. The quantitative estimate of drug-likeness (QED) is 0.478. The van der Waals surface area contributed by atoms with E-state index in [0.717, 1.165) is 22.5 Å². The van der Waals surface area contributed by atoms with Gasteiger partial charge in [-0.2, -0.15) is 0 Å². The molecule has 0 saturated heterocycles. The van der Waals surface area contributed by atoms with Gasteiger partial charge in [0.25, 0.3) is 5.91 Å². The number of carbonyl (C=O) groups is 1. The van der Waals surface area contributed by atoms with E-state index in [4.69, 9.17) is 11.6 Å². The van der Waals surface area contributed by atoms with Gasteiger partial charge in [-0.15, -0.1) is 0 Å². The number of nitrogens with one attached hydrogen (secondary N) is 1. The second-order valence-electron chi connectivity index (χ2n) is 6.22. The first-order chi connectivity index (χ1) is 12.9. The van der Waals surface area contributed by atoms with Crippen molar-refractivity contribution in [1.29, 1.82) is 0 Å². The van der Waals surface area contributed by atoms with E-state index in [1.54, 1.807) is 24.3 Å². The largest absolute Gasteiger partial charge is 0.321 e. The van der Waals surface area contributed by atoms with Crippen LogP contribution in [0.1, 0.15) is 20.9 Å². The van der Waals surface area contributed by atoms with Gasteiger partial charge in [0.2, 0.25) is 0 Å². The van der Waals surface area contributed by atoms with E-state index in [2.05, 4.69) is 10.3 Å². The van der Waals surface area contributed by atoms with Crippen LogP contribution >= 0.6 is 22.9 Å². The van der Waals surface area contributed by atoms with E-state index >= 15 is 0 Å². The third kappa shape index (κ3) is 3.34. The molecule has 0 aliphatic rings. The van der Waals surface area contributed by atoms with Crippen LogP contribution in [0.5, 0.6) is 0 Å². The number of nitrogens with zero attached hydrogens (tertiary/aromatic N) is 2. The van der Waals surface area contributed by atoms with Crippen LogP contribution in [-0.4, -0.2) is 15.3 Å². The molecule has 0 aliphatic carbocycles. The Balaban J connectivity index is 1.66. The SMILES string of the molecule is Cc1ccc(Cl)cc1NC(=O)c1sc2nc(-c3ccc(F)cc3)cn2c1C. The summed E-state index contributed by atoms with van der Waals surface area (Å²) >= 11 is 7.34. The van der Waals surface area contributed by atoms with Crippen molar-refractivity contribution < 1.29 is 9.18 Å². The first-order valence-corrected chi connectivity index (χ1v) is 9.44. The summed E-state index contributed by atoms with van der Waals surface area (Å²) in [5.41, 5.74) is 3.98. The van der Waals surface area contributed by atoms with Crippen LogP contribution in [0.15, 0.2) is 48.7 Å². The molecule has 1 amide bonds. The molecule has 136 valence electrons. The fraction of sp³-hybridized carbons (Fsp3) is 0.100. The number of thiazole rings is 1. The van der Waals surface area contributed by atoms with Gasteiger partial charge in [-0.05, 0) is 55.8 Å². The molecule has 0 spiro atoms. The van der Waals surface area contributed by atoms with E-state index < -0.39 is 0 Å². The molecular weight excluding hydrogens is 385 g/mol. The van der Waals surface area contributed by atoms with E-state index in [0.29, 0.717) is 20.5 Å². The zero-order chi connectivity index (χ0) is 19.1. The molecule has 1 N–H and O–H groups in total. The number of aromatic nitrogens is 2. The first kappa shape index (κ1) is 17.7. The van der Waals surface area contributed by atoms with E-state index in [1.807, 2.05) is 30.5 Å². The minimum absolute atomic E-state index is 0.198. The van der Waals surface area contributed by atoms with Crippen LogP contribution in [0.25, 0.3) is 16.2 Å². The predicted octanol–water partition coefficient (Wildman–Crippen LogP) is 5.72. The van der Waals surface area contributed by atoms with Gasteiger partial charge < -0.3 is 5.32 Å². The highest BCUT2D eigenvalue weighted by Crippen LogP contribution is 2.28. The number of hydrogen-bond acceptors (Lipinski definition) is 3. The Hall–Kier alpha value is -2.70. The molecule has 2 aromatic carbocycles. The maximum atomic E-state index is 13.1. The van der Waals surface area contributed by atoms with Crippen molar-refractivity contribution in [2.75, 3.05) is 5.32 Å². The predicted molar refractivity (Wildman–Crippen MR) is 107 cm³/mol. The minimum atomic E-state index is -0.286. The molecule has 2 heterocycles. The highest BCUT2D eigenvalue weighted by atomic mass is 35.5. The average molecular weight is 400 g/mol. The highest BCUT2D eigenvalue weighted by Gasteiger charge is 2.19. The lowest BCUT2D eigenvalue weighted by Crippen LogP contribution is -2.12. The Kier molecular flexibility index (Phi) is 4.45. The molecule has 0 atom stereocenters. The lowest BCUT2D eigenvalue weighted by molar-refractivity contribution is 0.102. The molecule has 4 aromatic rings. The summed E-state index contributed by atoms with van der Waals surface area (Å²) in [5, 5.41) is 3.48. The summed E-state index contributed by atoms with van der Waals surface area (Å²) in [5.74, 6) is -0.483. The molecule has 0 fully saturated rings. The van der Waals surface area contributed by atoms with Gasteiger partial charge >= 0.3 is 0 Å². The second kappa shape index (κ2) is 6.79. The lowest BCUT2D eigenvalue weighted by atomic mass is 10.2. The summed E-state index contributed by atoms with van der Waals surface area (Å²) in [6.07, 6.45) is 1.86. The number of halogens is 2. The number of hydrogen-bond donors (Lipinski definition) is 1. The van der Waals surface area contributed by atoms with Crippen molar-refractivity contribution in [3.05, 3.63) is 75.6 Å². The molecule has 0 radical (unpaired) electrons. The molecule has 4 nitrogen and oxygen atoms in total. The maximum Gasteiger partial charge on any atom is 0.267 e. The average Bonchev–Trinajstić information content (AvgIpc) is 3.18. The summed E-state index contributed by atoms with van der Waals surface area (Å²) in [6.45, 7) is 3.79. The summed E-state index contributed by atoms with van der Waals surface area (Å²) in [6, 6.07) is 11.6. The lowest BCUT2D eigenvalue weighted by Gasteiger charge is -2.08. The number of rotatable bonds is 3. The van der Waals surface area contributed by atoms with Gasteiger partial charge in [0.1, 0.15) is 10.7 Å². The molecule has 0 bridgehead atoms. The highest BCUT2D eigenvalue weighted by molar-refractivity contribution is 7.19. The normalized spacial score (nSPS) is 11.1. The third-order valence-corrected chi connectivity index (χ3v) is 5.74. The number of benzene rings is 2. The van der Waals surface area contributed by atoms with Crippen molar-refractivity contribution in [2.24, 2.45) is 0 Å². The van der Waals surface area contributed by atoms with Crippen LogP contribution < -0.4 is 5.32 Å². The zero-order valence-electron chi connectivity index (χ0n) is 14.6. The molecule has 0 aliphatic heterocycles. The monoisotopic (exact) mass is 399 g/mol. The number of amides is 1. The molecule has 4 rings (SSSR count). The molecule has 0 unspecified atom stereocenters. The van der Waals surface area contributed by atoms with Gasteiger partial charge in [-0.1, -0.05) is 29.0 Å². The van der Waals surface area contributed by atoms with Crippen molar-refractivity contribution in [3.8, 4) is 11.3 Å². The molecule has 27 heavy (non-hydrogen) atoms. The fourth-order valence-electron chi connectivity index (χ4n) is 2.83. The van der Waals surface area contributed by atoms with Gasteiger partial charge in [-0.25, -0.2) is 9.37 Å². The Bertz CT molecular complexity index is 1160. The number of fused-ring (bicyclic) bond motifs is 1. The Morgan fingerprint density at radius 1 is 1.19 bits per heavy atom. The maximum absolute atomic E-state index is 13.1. The van der Waals surface area contributed by atoms with Crippen molar-refractivity contribution >= 4 is 39.5 Å². The second-order valence-corrected chi connectivity index (χ2v) is 7.63. The third-order valence-electron chi connectivity index (χ3n) is 4.35. The Labute approximate surface area is 164 Å². The van der Waals surface area contributed by atoms with Gasteiger partial charge in [0, 0.05) is 28.2 Å². The van der Waals surface area contributed by atoms with E-state index in [9.17, 15) is 9.18 Å². The summed E-state index contributed by atoms with van der Waals surface area (Å²) < 4.78 is 15.0. The van der Waals surface area contributed by atoms with Crippen molar-refractivity contribution in [3.63, 3.8) is 0 Å². The number of aryl methyl sites for hydroxylation is 2. The first-order valence-electron chi connectivity index (χ1n) is 8.24. The standard InChI is InChI=1S/C20H15ClFN3OS/c1-11-3-6-14(21)9-16(11)23-19(26)18-12(2)25-10-17(24-20(25)27-18)13-4-7-15(22)8-5-13/h3-10H,1-2H3,(H,23,26). The zero-order valence-corrected chi connectivity index (χ0v) is 16.2. The molecular formula is C20H15ClFN3OS. The van der Waals surface area contributed by atoms with Crippen LogP contribution in [0.2, 0.25) is 5.02 Å². The molecule has 7 heteroatoms. The Morgan fingerprint density at radius 2 is 1.93 bits per heavy atom. The van der Waals surface area contributed by atoms with Gasteiger partial charge in [-0.3, -0.25) is 9.20 Å². The van der Waals surface area contributed by atoms with Crippen LogP contribution in [-0.2, 0) is 0 Å². The summed E-state index contributed by atoms with van der Waals surface area (Å²) in [7, 11) is 0. The number of carbonyl (C=O) groups excluding carboxylic acids is 1. The van der Waals surface area contributed by atoms with Crippen LogP contribution in [0.4, 0.5) is 10.1 Å².